The summed E-state index contributed by atoms with van der Waals surface area (Å²) in [6.45, 7) is 2.65. The lowest BCUT2D eigenvalue weighted by Gasteiger charge is -2.32. The number of carbonyl (C=O) groups is 3. The SMILES string of the molecule is CN(C(=O)Cc1ccc(Cl)c(Cl)c1)C(CN1CCCC1)c1cccc(NC(=O)CCC(=O)O)c1. The van der Waals surface area contributed by atoms with Crippen molar-refractivity contribution in [1.29, 1.82) is 0 Å². The number of nitrogens with one attached hydrogen (secondary N) is 1. The first-order valence-corrected chi connectivity index (χ1v) is 12.0. The zero-order valence-corrected chi connectivity index (χ0v) is 20.6. The summed E-state index contributed by atoms with van der Waals surface area (Å²) in [6.07, 6.45) is 2.13. The van der Waals surface area contributed by atoms with Gasteiger partial charge in [0.2, 0.25) is 11.8 Å². The molecule has 2 N–H and O–H groups in total. The van der Waals surface area contributed by atoms with Crippen molar-refractivity contribution in [3.63, 3.8) is 0 Å². The minimum Gasteiger partial charge on any atom is -0.481 e. The van der Waals surface area contributed by atoms with Gasteiger partial charge in [-0.25, -0.2) is 0 Å². The highest BCUT2D eigenvalue weighted by atomic mass is 35.5. The molecule has 3 rings (SSSR count). The van der Waals surface area contributed by atoms with Crippen LogP contribution < -0.4 is 5.32 Å². The lowest BCUT2D eigenvalue weighted by molar-refractivity contribution is -0.138. The Hall–Kier alpha value is -2.61. The van der Waals surface area contributed by atoms with E-state index in [1.807, 2.05) is 18.2 Å². The highest BCUT2D eigenvalue weighted by molar-refractivity contribution is 6.42. The van der Waals surface area contributed by atoms with E-state index in [1.165, 1.54) is 0 Å². The van der Waals surface area contributed by atoms with Crippen molar-refractivity contribution in [2.75, 3.05) is 32.0 Å². The highest BCUT2D eigenvalue weighted by Gasteiger charge is 2.26. The van der Waals surface area contributed by atoms with Gasteiger partial charge in [-0.15, -0.1) is 0 Å². The highest BCUT2D eigenvalue weighted by Crippen LogP contribution is 2.27. The molecule has 0 spiro atoms. The summed E-state index contributed by atoms with van der Waals surface area (Å²) in [6, 6.07) is 12.3. The lowest BCUT2D eigenvalue weighted by Crippen LogP contribution is -2.39. The Morgan fingerprint density at radius 3 is 2.47 bits per heavy atom. The molecule has 0 radical (unpaired) electrons. The molecular weight excluding hydrogens is 477 g/mol. The molecule has 1 aliphatic heterocycles. The number of carbonyl (C=O) groups excluding carboxylic acids is 2. The van der Waals surface area contributed by atoms with Gasteiger partial charge < -0.3 is 20.2 Å². The summed E-state index contributed by atoms with van der Waals surface area (Å²) < 4.78 is 0. The Morgan fingerprint density at radius 2 is 1.79 bits per heavy atom. The molecule has 0 saturated carbocycles. The van der Waals surface area contributed by atoms with E-state index in [2.05, 4.69) is 10.2 Å². The Labute approximate surface area is 209 Å². The van der Waals surface area contributed by atoms with Crippen molar-refractivity contribution in [3.8, 4) is 0 Å². The summed E-state index contributed by atoms with van der Waals surface area (Å²) in [5.41, 5.74) is 2.25. The van der Waals surface area contributed by atoms with Crippen molar-refractivity contribution in [1.82, 2.24) is 9.80 Å². The van der Waals surface area contributed by atoms with Crippen LogP contribution in [0, 0.1) is 0 Å². The van der Waals surface area contributed by atoms with Gasteiger partial charge in [0.15, 0.2) is 0 Å². The van der Waals surface area contributed by atoms with Crippen LogP contribution in [0.15, 0.2) is 42.5 Å². The molecule has 1 unspecified atom stereocenters. The number of amides is 2. The third kappa shape index (κ3) is 7.45. The minimum atomic E-state index is -1.02. The first kappa shape index (κ1) is 26.0. The molecule has 2 amide bonds. The summed E-state index contributed by atoms with van der Waals surface area (Å²) >= 11 is 12.1. The van der Waals surface area contributed by atoms with Gasteiger partial charge >= 0.3 is 5.97 Å². The smallest absolute Gasteiger partial charge is 0.303 e. The van der Waals surface area contributed by atoms with Crippen LogP contribution in [-0.2, 0) is 20.8 Å². The van der Waals surface area contributed by atoms with Gasteiger partial charge in [-0.3, -0.25) is 14.4 Å². The average Bonchev–Trinajstić information content (AvgIpc) is 3.31. The molecule has 182 valence electrons. The summed E-state index contributed by atoms with van der Waals surface area (Å²) in [7, 11) is 1.79. The maximum Gasteiger partial charge on any atom is 0.303 e. The maximum absolute atomic E-state index is 13.2. The minimum absolute atomic E-state index is 0.0570. The van der Waals surface area contributed by atoms with Crippen LogP contribution in [0.1, 0.15) is 42.9 Å². The molecule has 2 aromatic rings. The van der Waals surface area contributed by atoms with E-state index in [1.54, 1.807) is 36.2 Å². The van der Waals surface area contributed by atoms with Crippen molar-refractivity contribution < 1.29 is 19.5 Å². The molecular formula is C25H29Cl2N3O4. The van der Waals surface area contributed by atoms with E-state index >= 15 is 0 Å². The second-order valence-electron chi connectivity index (χ2n) is 8.52. The molecule has 0 aromatic heterocycles. The number of likely N-dealkylation sites (tertiary alicyclic amines) is 1. The van der Waals surface area contributed by atoms with Crippen LogP contribution >= 0.6 is 23.2 Å². The first-order chi connectivity index (χ1) is 16.2. The Morgan fingerprint density at radius 1 is 1.06 bits per heavy atom. The molecule has 7 nitrogen and oxygen atoms in total. The number of carboxylic acids is 1. The van der Waals surface area contributed by atoms with Crippen molar-refractivity contribution in [2.24, 2.45) is 0 Å². The van der Waals surface area contributed by atoms with E-state index < -0.39 is 5.97 Å². The van der Waals surface area contributed by atoms with Crippen LogP contribution in [0.4, 0.5) is 5.69 Å². The van der Waals surface area contributed by atoms with E-state index in [4.69, 9.17) is 28.3 Å². The Balaban J connectivity index is 1.78. The molecule has 34 heavy (non-hydrogen) atoms. The number of rotatable bonds is 10. The molecule has 9 heteroatoms. The molecule has 1 aliphatic rings. The van der Waals surface area contributed by atoms with Crippen LogP contribution in [0.2, 0.25) is 10.0 Å². The predicted octanol–water partition coefficient (Wildman–Crippen LogP) is 4.63. The number of aliphatic carboxylic acids is 1. The molecule has 1 heterocycles. The molecule has 1 saturated heterocycles. The van der Waals surface area contributed by atoms with E-state index in [-0.39, 0.29) is 37.1 Å². The number of hydrogen-bond acceptors (Lipinski definition) is 4. The summed E-state index contributed by atoms with van der Waals surface area (Å²) in [5, 5.41) is 12.4. The predicted molar refractivity (Wildman–Crippen MR) is 133 cm³/mol. The zero-order valence-electron chi connectivity index (χ0n) is 19.1. The van der Waals surface area contributed by atoms with Gasteiger partial charge in [0.1, 0.15) is 0 Å². The third-order valence-electron chi connectivity index (χ3n) is 5.95. The molecule has 1 atom stereocenters. The Kier molecular flexibility index (Phi) is 9.33. The molecule has 2 aromatic carbocycles. The van der Waals surface area contributed by atoms with Gasteiger partial charge in [-0.1, -0.05) is 41.4 Å². The monoisotopic (exact) mass is 505 g/mol. The fourth-order valence-corrected chi connectivity index (χ4v) is 4.37. The fraction of sp³-hybridized carbons (Fsp3) is 0.400. The first-order valence-electron chi connectivity index (χ1n) is 11.3. The molecule has 0 bridgehead atoms. The number of carboxylic acid groups (broad SMARTS) is 1. The zero-order chi connectivity index (χ0) is 24.7. The van der Waals surface area contributed by atoms with Gasteiger partial charge in [-0.05, 0) is 61.3 Å². The molecule has 0 aliphatic carbocycles. The normalized spacial score (nSPS) is 14.6. The van der Waals surface area contributed by atoms with Crippen LogP contribution in [-0.4, -0.2) is 59.4 Å². The number of likely N-dealkylation sites (N-methyl/N-ethyl adjacent to an activating group) is 1. The van der Waals surface area contributed by atoms with E-state index in [0.717, 1.165) is 37.1 Å². The van der Waals surface area contributed by atoms with Gasteiger partial charge in [0.05, 0.1) is 28.9 Å². The van der Waals surface area contributed by atoms with Gasteiger partial charge in [0, 0.05) is 25.7 Å². The second kappa shape index (κ2) is 12.2. The van der Waals surface area contributed by atoms with E-state index in [9.17, 15) is 14.4 Å². The van der Waals surface area contributed by atoms with Crippen LogP contribution in [0.25, 0.3) is 0 Å². The van der Waals surface area contributed by atoms with Gasteiger partial charge in [0.25, 0.3) is 0 Å². The maximum atomic E-state index is 13.2. The topological polar surface area (TPSA) is 90.0 Å². The number of halogens is 2. The van der Waals surface area contributed by atoms with Crippen molar-refractivity contribution in [2.45, 2.75) is 38.1 Å². The number of nitrogens with zero attached hydrogens (tertiary/aromatic N) is 2. The number of anilines is 1. The largest absolute Gasteiger partial charge is 0.481 e. The summed E-state index contributed by atoms with van der Waals surface area (Å²) in [5.74, 6) is -1.44. The number of benzene rings is 2. The average molecular weight is 506 g/mol. The van der Waals surface area contributed by atoms with E-state index in [0.29, 0.717) is 22.3 Å². The van der Waals surface area contributed by atoms with Crippen LogP contribution in [0.5, 0.6) is 0 Å². The quantitative estimate of drug-likeness (QED) is 0.490. The lowest BCUT2D eigenvalue weighted by atomic mass is 10.0. The van der Waals surface area contributed by atoms with Crippen molar-refractivity contribution >= 4 is 46.7 Å². The van der Waals surface area contributed by atoms with Gasteiger partial charge in [-0.2, -0.15) is 0 Å². The second-order valence-corrected chi connectivity index (χ2v) is 9.34. The standard InChI is InChI=1S/C25H29Cl2N3O4/c1-29(24(32)14-17-7-8-20(26)21(27)13-17)22(16-30-11-2-3-12-30)18-5-4-6-19(15-18)28-23(31)9-10-25(33)34/h4-8,13,15,22H,2-3,9-12,14,16H2,1H3,(H,28,31)(H,33,34). The van der Waals surface area contributed by atoms with Crippen molar-refractivity contribution in [3.05, 3.63) is 63.6 Å². The summed E-state index contributed by atoms with van der Waals surface area (Å²) in [4.78, 5) is 40.1. The Bertz CT molecular complexity index is 1040. The van der Waals surface area contributed by atoms with Crippen LogP contribution in [0.3, 0.4) is 0 Å². The fourth-order valence-electron chi connectivity index (χ4n) is 4.05. The third-order valence-corrected chi connectivity index (χ3v) is 6.69. The number of hydrogen-bond donors (Lipinski definition) is 2. The molecule has 1 fully saturated rings.